The number of sulfonamides is 1. The maximum absolute atomic E-state index is 14.1. The minimum atomic E-state index is -4.09. The smallest absolute Gasteiger partial charge is 0.264 e. The van der Waals surface area contributed by atoms with Gasteiger partial charge in [0.05, 0.1) is 10.6 Å². The number of nitrogens with zero attached hydrogens (tertiary/aromatic N) is 2. The largest absolute Gasteiger partial charge is 0.354 e. The first kappa shape index (κ1) is 30.9. The molecule has 0 fully saturated rings. The van der Waals surface area contributed by atoms with Crippen LogP contribution in [0.25, 0.3) is 0 Å². The van der Waals surface area contributed by atoms with Crippen LogP contribution < -0.4 is 9.62 Å². The Kier molecular flexibility index (Phi) is 10.1. The van der Waals surface area contributed by atoms with Crippen molar-refractivity contribution in [2.45, 2.75) is 65.9 Å². The molecule has 3 rings (SSSR count). The third kappa shape index (κ3) is 7.50. The van der Waals surface area contributed by atoms with E-state index in [-0.39, 0.29) is 23.3 Å². The standard InChI is InChI=1S/C32H41N3O4S/c1-22(2)19-33-32(37)27(7)34(20-28-11-9-8-10-25(28)5)31(36)21-35(29-15-14-24(4)26(6)18-29)40(38,39)30-16-12-23(3)13-17-30/h8-18,22,27H,19-21H2,1-7H3,(H,33,37)/t27-/m1/s1. The van der Waals surface area contributed by atoms with Crippen LogP contribution in [0.1, 0.15) is 48.6 Å². The Morgan fingerprint density at radius 2 is 1.48 bits per heavy atom. The summed E-state index contributed by atoms with van der Waals surface area (Å²) in [5, 5.41) is 2.91. The summed E-state index contributed by atoms with van der Waals surface area (Å²) in [5.41, 5.74) is 5.11. The van der Waals surface area contributed by atoms with Gasteiger partial charge in [0.15, 0.2) is 0 Å². The van der Waals surface area contributed by atoms with Gasteiger partial charge in [0, 0.05) is 13.1 Å². The van der Waals surface area contributed by atoms with E-state index in [0.29, 0.717) is 12.2 Å². The second kappa shape index (κ2) is 13.1. The number of rotatable bonds is 11. The van der Waals surface area contributed by atoms with Crippen molar-refractivity contribution in [3.8, 4) is 0 Å². The molecular formula is C32H41N3O4S. The fraction of sp³-hybridized carbons (Fsp3) is 0.375. The number of carbonyl (C=O) groups excluding carboxylic acids is 2. The highest BCUT2D eigenvalue weighted by molar-refractivity contribution is 7.92. The van der Waals surface area contributed by atoms with Gasteiger partial charge in [-0.1, -0.05) is 61.9 Å². The van der Waals surface area contributed by atoms with Crippen LogP contribution in [0.15, 0.2) is 71.6 Å². The third-order valence-electron chi connectivity index (χ3n) is 7.12. The lowest BCUT2D eigenvalue weighted by Crippen LogP contribution is -2.51. The van der Waals surface area contributed by atoms with Crippen LogP contribution in [-0.2, 0) is 26.2 Å². The molecule has 0 bridgehead atoms. The summed E-state index contributed by atoms with van der Waals surface area (Å²) >= 11 is 0. The highest BCUT2D eigenvalue weighted by Crippen LogP contribution is 2.27. The molecule has 40 heavy (non-hydrogen) atoms. The third-order valence-corrected chi connectivity index (χ3v) is 8.91. The van der Waals surface area contributed by atoms with E-state index in [1.165, 1.54) is 4.90 Å². The molecule has 0 unspecified atom stereocenters. The highest BCUT2D eigenvalue weighted by atomic mass is 32.2. The zero-order valence-corrected chi connectivity index (χ0v) is 25.4. The summed E-state index contributed by atoms with van der Waals surface area (Å²) in [6, 6.07) is 18.8. The Labute approximate surface area is 239 Å². The molecule has 8 heteroatoms. The van der Waals surface area contributed by atoms with Gasteiger partial charge in [0.1, 0.15) is 12.6 Å². The number of benzene rings is 3. The molecule has 0 spiro atoms. The molecule has 0 heterocycles. The van der Waals surface area contributed by atoms with Gasteiger partial charge in [-0.3, -0.25) is 13.9 Å². The topological polar surface area (TPSA) is 86.8 Å². The molecule has 3 aromatic rings. The molecule has 0 saturated carbocycles. The van der Waals surface area contributed by atoms with Gasteiger partial charge in [-0.15, -0.1) is 0 Å². The van der Waals surface area contributed by atoms with Crippen LogP contribution in [0.4, 0.5) is 5.69 Å². The number of amides is 2. The predicted molar refractivity (Wildman–Crippen MR) is 161 cm³/mol. The van der Waals surface area contributed by atoms with Gasteiger partial charge in [-0.05, 0) is 87.1 Å². The molecule has 0 aromatic heterocycles. The Morgan fingerprint density at radius 3 is 2.08 bits per heavy atom. The van der Waals surface area contributed by atoms with Crippen molar-refractivity contribution in [2.24, 2.45) is 5.92 Å². The fourth-order valence-electron chi connectivity index (χ4n) is 4.25. The maximum atomic E-state index is 14.1. The van der Waals surface area contributed by atoms with Crippen molar-refractivity contribution >= 4 is 27.5 Å². The molecule has 0 radical (unpaired) electrons. The van der Waals surface area contributed by atoms with Gasteiger partial charge < -0.3 is 10.2 Å². The first-order valence-electron chi connectivity index (χ1n) is 13.6. The summed E-state index contributed by atoms with van der Waals surface area (Å²) < 4.78 is 29.1. The zero-order valence-electron chi connectivity index (χ0n) is 24.6. The summed E-state index contributed by atoms with van der Waals surface area (Å²) in [4.78, 5) is 28.7. The number of carbonyl (C=O) groups is 2. The SMILES string of the molecule is Cc1ccc(S(=O)(=O)N(CC(=O)N(Cc2ccccc2C)[C@H](C)C(=O)NCC(C)C)c2ccc(C)c(C)c2)cc1. The monoisotopic (exact) mass is 563 g/mol. The molecule has 214 valence electrons. The van der Waals surface area contributed by atoms with E-state index in [4.69, 9.17) is 0 Å². The average Bonchev–Trinajstić information content (AvgIpc) is 2.91. The molecule has 2 amide bonds. The van der Waals surface area contributed by atoms with Gasteiger partial charge in [-0.2, -0.15) is 0 Å². The van der Waals surface area contributed by atoms with E-state index in [9.17, 15) is 18.0 Å². The number of hydrogen-bond acceptors (Lipinski definition) is 4. The van der Waals surface area contributed by atoms with Gasteiger partial charge >= 0.3 is 0 Å². The molecule has 0 saturated heterocycles. The van der Waals surface area contributed by atoms with Crippen LogP contribution in [0.3, 0.4) is 0 Å². The van der Waals surface area contributed by atoms with Gasteiger partial charge in [0.25, 0.3) is 10.0 Å². The highest BCUT2D eigenvalue weighted by Gasteiger charge is 2.32. The lowest BCUT2D eigenvalue weighted by Gasteiger charge is -2.32. The van der Waals surface area contributed by atoms with Gasteiger partial charge in [0.2, 0.25) is 11.8 Å². The number of nitrogens with one attached hydrogen (secondary N) is 1. The van der Waals surface area contributed by atoms with Crippen LogP contribution in [0.2, 0.25) is 0 Å². The van der Waals surface area contributed by atoms with Gasteiger partial charge in [-0.25, -0.2) is 8.42 Å². The number of hydrogen-bond donors (Lipinski definition) is 1. The van der Waals surface area contributed by atoms with Crippen molar-refractivity contribution < 1.29 is 18.0 Å². The van der Waals surface area contributed by atoms with E-state index >= 15 is 0 Å². The minimum absolute atomic E-state index is 0.0947. The number of aryl methyl sites for hydroxylation is 4. The van der Waals surface area contributed by atoms with E-state index in [2.05, 4.69) is 5.32 Å². The molecule has 1 atom stereocenters. The summed E-state index contributed by atoms with van der Waals surface area (Å²) in [6.45, 7) is 13.6. The fourth-order valence-corrected chi connectivity index (χ4v) is 5.66. The predicted octanol–water partition coefficient (Wildman–Crippen LogP) is 5.31. The normalized spacial score (nSPS) is 12.2. The Bertz CT molecular complexity index is 1450. The molecule has 3 aromatic carbocycles. The van der Waals surface area contributed by atoms with Crippen LogP contribution in [0, 0.1) is 33.6 Å². The Morgan fingerprint density at radius 1 is 0.825 bits per heavy atom. The van der Waals surface area contributed by atoms with Crippen molar-refractivity contribution in [1.82, 2.24) is 10.2 Å². The maximum Gasteiger partial charge on any atom is 0.264 e. The van der Waals surface area contributed by atoms with E-state index < -0.39 is 28.5 Å². The van der Waals surface area contributed by atoms with Crippen molar-refractivity contribution in [3.63, 3.8) is 0 Å². The summed E-state index contributed by atoms with van der Waals surface area (Å²) in [5.74, 6) is -0.504. The Hall–Kier alpha value is -3.65. The number of anilines is 1. The zero-order chi connectivity index (χ0) is 29.6. The lowest BCUT2D eigenvalue weighted by molar-refractivity contribution is -0.139. The van der Waals surface area contributed by atoms with E-state index in [0.717, 1.165) is 32.1 Å². The van der Waals surface area contributed by atoms with Crippen molar-refractivity contribution in [1.29, 1.82) is 0 Å². The summed E-state index contributed by atoms with van der Waals surface area (Å²) in [7, 11) is -4.09. The molecule has 7 nitrogen and oxygen atoms in total. The van der Waals surface area contributed by atoms with Crippen LogP contribution >= 0.6 is 0 Å². The van der Waals surface area contributed by atoms with E-state index in [1.807, 2.05) is 71.9 Å². The molecule has 0 aliphatic rings. The second-order valence-electron chi connectivity index (χ2n) is 10.9. The molecule has 0 aliphatic heterocycles. The lowest BCUT2D eigenvalue weighted by atomic mass is 10.1. The molecule has 1 N–H and O–H groups in total. The van der Waals surface area contributed by atoms with Crippen LogP contribution in [-0.4, -0.2) is 44.3 Å². The minimum Gasteiger partial charge on any atom is -0.354 e. The molecule has 0 aliphatic carbocycles. The van der Waals surface area contributed by atoms with Crippen molar-refractivity contribution in [3.05, 3.63) is 94.5 Å². The second-order valence-corrected chi connectivity index (χ2v) is 12.7. The van der Waals surface area contributed by atoms with Crippen molar-refractivity contribution in [2.75, 3.05) is 17.4 Å². The average molecular weight is 564 g/mol. The first-order valence-corrected chi connectivity index (χ1v) is 15.0. The Balaban J connectivity index is 2.05. The van der Waals surface area contributed by atoms with E-state index in [1.54, 1.807) is 43.3 Å². The summed E-state index contributed by atoms with van der Waals surface area (Å²) in [6.07, 6.45) is 0. The quantitative estimate of drug-likeness (QED) is 0.343. The first-order chi connectivity index (χ1) is 18.8. The van der Waals surface area contributed by atoms with Crippen LogP contribution in [0.5, 0.6) is 0 Å². The molecular weight excluding hydrogens is 522 g/mol.